The van der Waals surface area contributed by atoms with E-state index in [1.54, 1.807) is 17.0 Å². The van der Waals surface area contributed by atoms with Crippen LogP contribution in [0.5, 0.6) is 0 Å². The Hall–Kier alpha value is -2.18. The van der Waals surface area contributed by atoms with Crippen molar-refractivity contribution >= 4 is 35.0 Å². The Morgan fingerprint density at radius 1 is 1.00 bits per heavy atom. The molecule has 1 saturated heterocycles. The smallest absolute Gasteiger partial charge is 0.255 e. The van der Waals surface area contributed by atoms with Crippen LogP contribution >= 0.6 is 23.2 Å². The normalized spacial score (nSPS) is 14.9. The summed E-state index contributed by atoms with van der Waals surface area (Å²) in [6.45, 7) is 0.830. The van der Waals surface area contributed by atoms with E-state index in [0.29, 0.717) is 47.6 Å². The zero-order valence-electron chi connectivity index (χ0n) is 14.1. The highest BCUT2D eigenvalue weighted by atomic mass is 35.5. The van der Waals surface area contributed by atoms with Gasteiger partial charge in [-0.3, -0.25) is 9.59 Å². The number of carbonyl (C=O) groups excluding carboxylic acids is 2. The van der Waals surface area contributed by atoms with Gasteiger partial charge in [0.1, 0.15) is 11.6 Å². The molecule has 1 N–H and O–H groups in total. The van der Waals surface area contributed by atoms with Gasteiger partial charge in [-0.1, -0.05) is 23.2 Å². The van der Waals surface area contributed by atoms with Crippen molar-refractivity contribution in [1.82, 2.24) is 10.2 Å². The summed E-state index contributed by atoms with van der Waals surface area (Å²) in [6.07, 6.45) is 1.02. The van der Waals surface area contributed by atoms with Crippen LogP contribution in [0, 0.1) is 11.6 Å². The molecule has 2 amide bonds. The summed E-state index contributed by atoms with van der Waals surface area (Å²) in [6, 6.07) is 7.31. The van der Waals surface area contributed by atoms with E-state index in [0.717, 1.165) is 12.1 Å². The second-order valence-corrected chi connectivity index (χ2v) is 7.13. The van der Waals surface area contributed by atoms with Gasteiger partial charge in [-0.15, -0.1) is 0 Å². The topological polar surface area (TPSA) is 49.4 Å². The largest absolute Gasteiger partial charge is 0.349 e. The van der Waals surface area contributed by atoms with Crippen molar-refractivity contribution in [3.05, 3.63) is 69.2 Å². The quantitative estimate of drug-likeness (QED) is 0.816. The average molecular weight is 413 g/mol. The van der Waals surface area contributed by atoms with Crippen LogP contribution in [0.1, 0.15) is 33.6 Å². The number of hydrogen-bond donors (Lipinski definition) is 1. The molecule has 0 unspecified atom stereocenters. The highest BCUT2D eigenvalue weighted by Crippen LogP contribution is 2.24. The van der Waals surface area contributed by atoms with Crippen LogP contribution in [0.3, 0.4) is 0 Å². The van der Waals surface area contributed by atoms with Gasteiger partial charge in [-0.2, -0.15) is 0 Å². The van der Waals surface area contributed by atoms with Crippen LogP contribution in [0.15, 0.2) is 36.4 Å². The first-order valence-corrected chi connectivity index (χ1v) is 9.11. The molecule has 3 rings (SSSR count). The lowest BCUT2D eigenvalue weighted by molar-refractivity contribution is 0.0698. The molecule has 2 aromatic rings. The first-order valence-electron chi connectivity index (χ1n) is 8.35. The molecule has 27 heavy (non-hydrogen) atoms. The van der Waals surface area contributed by atoms with E-state index in [4.69, 9.17) is 23.2 Å². The summed E-state index contributed by atoms with van der Waals surface area (Å²) in [7, 11) is 0. The standard InChI is InChI=1S/C19H16Cl2F2N2O2/c20-11-1-4-16(21)15(9-11)19(27)25-7-5-13(6-8-25)24-18(26)14-3-2-12(22)10-17(14)23/h1-4,9-10,13H,5-8H2,(H,24,26). The van der Waals surface area contributed by atoms with E-state index in [-0.39, 0.29) is 17.5 Å². The summed E-state index contributed by atoms with van der Waals surface area (Å²) in [4.78, 5) is 26.4. The Labute approximate surface area is 165 Å². The Balaban J connectivity index is 1.59. The van der Waals surface area contributed by atoms with Gasteiger partial charge >= 0.3 is 0 Å². The highest BCUT2D eigenvalue weighted by Gasteiger charge is 2.26. The minimum absolute atomic E-state index is 0.208. The zero-order chi connectivity index (χ0) is 19.6. The molecule has 0 bridgehead atoms. The first kappa shape index (κ1) is 19.6. The molecule has 0 atom stereocenters. The van der Waals surface area contributed by atoms with Crippen molar-refractivity contribution in [1.29, 1.82) is 0 Å². The number of nitrogens with zero attached hydrogens (tertiary/aromatic N) is 1. The number of hydrogen-bond acceptors (Lipinski definition) is 2. The Morgan fingerprint density at radius 2 is 1.70 bits per heavy atom. The van der Waals surface area contributed by atoms with E-state index in [9.17, 15) is 18.4 Å². The first-order chi connectivity index (χ1) is 12.8. The molecule has 1 heterocycles. The highest BCUT2D eigenvalue weighted by molar-refractivity contribution is 6.35. The summed E-state index contributed by atoms with van der Waals surface area (Å²) in [5, 5.41) is 3.48. The van der Waals surface area contributed by atoms with E-state index >= 15 is 0 Å². The van der Waals surface area contributed by atoms with E-state index in [1.165, 1.54) is 6.07 Å². The van der Waals surface area contributed by atoms with Crippen LogP contribution in [0.4, 0.5) is 8.78 Å². The number of benzene rings is 2. The van der Waals surface area contributed by atoms with Gasteiger partial charge in [0.15, 0.2) is 0 Å². The second-order valence-electron chi connectivity index (χ2n) is 6.29. The van der Waals surface area contributed by atoms with Crippen LogP contribution in [-0.2, 0) is 0 Å². The van der Waals surface area contributed by atoms with Crippen molar-refractivity contribution in [3.63, 3.8) is 0 Å². The fourth-order valence-corrected chi connectivity index (χ4v) is 3.37. The molecule has 0 aromatic heterocycles. The van der Waals surface area contributed by atoms with Crippen LogP contribution in [-0.4, -0.2) is 35.8 Å². The van der Waals surface area contributed by atoms with Crippen LogP contribution in [0.2, 0.25) is 10.0 Å². The third-order valence-electron chi connectivity index (χ3n) is 4.45. The minimum atomic E-state index is -0.907. The Kier molecular flexibility index (Phi) is 5.97. The summed E-state index contributed by atoms with van der Waals surface area (Å²) < 4.78 is 26.7. The number of carbonyl (C=O) groups is 2. The van der Waals surface area contributed by atoms with Crippen molar-refractivity contribution in [2.45, 2.75) is 18.9 Å². The maximum atomic E-state index is 13.7. The number of nitrogens with one attached hydrogen (secondary N) is 1. The predicted molar refractivity (Wildman–Crippen MR) is 99.2 cm³/mol. The monoisotopic (exact) mass is 412 g/mol. The van der Waals surface area contributed by atoms with Gasteiger partial charge in [0, 0.05) is 30.2 Å². The Bertz CT molecular complexity index is 884. The molecule has 1 fully saturated rings. The third-order valence-corrected chi connectivity index (χ3v) is 5.02. The van der Waals surface area contributed by atoms with Crippen LogP contribution < -0.4 is 5.32 Å². The second kappa shape index (κ2) is 8.23. The summed E-state index contributed by atoms with van der Waals surface area (Å²) >= 11 is 12.0. The fraction of sp³-hybridized carbons (Fsp3) is 0.263. The van der Waals surface area contributed by atoms with E-state index in [2.05, 4.69) is 5.32 Å². The minimum Gasteiger partial charge on any atom is -0.349 e. The molecule has 4 nitrogen and oxygen atoms in total. The Morgan fingerprint density at radius 3 is 2.37 bits per heavy atom. The molecule has 2 aromatic carbocycles. The maximum Gasteiger partial charge on any atom is 0.255 e. The lowest BCUT2D eigenvalue weighted by Gasteiger charge is -2.32. The molecular weight excluding hydrogens is 397 g/mol. The predicted octanol–water partition coefficient (Wildman–Crippen LogP) is 4.31. The number of piperidine rings is 1. The van der Waals surface area contributed by atoms with E-state index in [1.807, 2.05) is 0 Å². The number of halogens is 4. The van der Waals surface area contributed by atoms with Gasteiger partial charge in [0.2, 0.25) is 0 Å². The summed E-state index contributed by atoms with van der Waals surface area (Å²) in [5.41, 5.74) is 0.126. The molecule has 0 spiro atoms. The van der Waals surface area contributed by atoms with Gasteiger partial charge in [-0.25, -0.2) is 8.78 Å². The van der Waals surface area contributed by atoms with Crippen molar-refractivity contribution in [2.75, 3.05) is 13.1 Å². The molecule has 0 aliphatic carbocycles. The molecule has 1 aliphatic rings. The lowest BCUT2D eigenvalue weighted by atomic mass is 10.0. The third kappa shape index (κ3) is 4.57. The van der Waals surface area contributed by atoms with E-state index < -0.39 is 17.5 Å². The van der Waals surface area contributed by atoms with Gasteiger partial charge in [0.05, 0.1) is 16.1 Å². The fourth-order valence-electron chi connectivity index (χ4n) is 3.00. The average Bonchev–Trinajstić information content (AvgIpc) is 2.63. The molecule has 8 heteroatoms. The molecule has 142 valence electrons. The van der Waals surface area contributed by atoms with Crippen molar-refractivity contribution in [3.8, 4) is 0 Å². The molecule has 1 aliphatic heterocycles. The zero-order valence-corrected chi connectivity index (χ0v) is 15.7. The molecule has 0 saturated carbocycles. The van der Waals surface area contributed by atoms with Gasteiger partial charge < -0.3 is 10.2 Å². The van der Waals surface area contributed by atoms with Crippen molar-refractivity contribution in [2.24, 2.45) is 0 Å². The molecule has 0 radical (unpaired) electrons. The van der Waals surface area contributed by atoms with Crippen LogP contribution in [0.25, 0.3) is 0 Å². The van der Waals surface area contributed by atoms with Gasteiger partial charge in [0.25, 0.3) is 11.8 Å². The number of rotatable bonds is 3. The molecular formula is C19H16Cl2F2N2O2. The summed E-state index contributed by atoms with van der Waals surface area (Å²) in [5.74, 6) is -2.47. The SMILES string of the molecule is O=C(NC1CCN(C(=O)c2cc(Cl)ccc2Cl)CC1)c1ccc(F)cc1F. The maximum absolute atomic E-state index is 13.7. The number of likely N-dealkylation sites (tertiary alicyclic amines) is 1. The van der Waals surface area contributed by atoms with Crippen molar-refractivity contribution < 1.29 is 18.4 Å². The van der Waals surface area contributed by atoms with Gasteiger partial charge in [-0.05, 0) is 43.2 Å². The number of amides is 2. The lowest BCUT2D eigenvalue weighted by Crippen LogP contribution is -2.46.